The summed E-state index contributed by atoms with van der Waals surface area (Å²) in [7, 11) is 0. The van der Waals surface area contributed by atoms with Gasteiger partial charge in [0, 0.05) is 13.1 Å². The fourth-order valence-corrected chi connectivity index (χ4v) is 1.71. The monoisotopic (exact) mass is 294 g/mol. The number of hydrogen-bond donors (Lipinski definition) is 3. The van der Waals surface area contributed by atoms with Crippen molar-refractivity contribution in [3.05, 3.63) is 29.8 Å². The summed E-state index contributed by atoms with van der Waals surface area (Å²) >= 11 is 0. The van der Waals surface area contributed by atoms with Crippen LogP contribution in [0.2, 0.25) is 0 Å². The van der Waals surface area contributed by atoms with Gasteiger partial charge >= 0.3 is 0 Å². The Morgan fingerprint density at radius 1 is 1.38 bits per heavy atom. The van der Waals surface area contributed by atoms with Crippen LogP contribution in [0.1, 0.15) is 26.3 Å². The minimum atomic E-state index is -0.639. The third-order valence-electron chi connectivity index (χ3n) is 3.39. The molecule has 5 heteroatoms. The van der Waals surface area contributed by atoms with Crippen molar-refractivity contribution in [2.75, 3.05) is 19.7 Å². The molecule has 0 aliphatic rings. The smallest absolute Gasteiger partial charge is 0.224 e. The highest BCUT2D eigenvalue weighted by Gasteiger charge is 2.24. The number of hydrogen-bond acceptors (Lipinski definition) is 4. The van der Waals surface area contributed by atoms with Gasteiger partial charge in [0.2, 0.25) is 5.91 Å². The van der Waals surface area contributed by atoms with Gasteiger partial charge in [0.05, 0.1) is 5.41 Å². The molecule has 0 saturated heterocycles. The number of amides is 1. The van der Waals surface area contributed by atoms with Gasteiger partial charge in [-0.1, -0.05) is 19.1 Å². The molecule has 21 heavy (non-hydrogen) atoms. The Balaban J connectivity index is 2.27. The summed E-state index contributed by atoms with van der Waals surface area (Å²) in [5.41, 5.74) is 5.90. The zero-order valence-corrected chi connectivity index (χ0v) is 13.1. The fourth-order valence-electron chi connectivity index (χ4n) is 1.71. The first-order valence-corrected chi connectivity index (χ1v) is 7.25. The molecule has 118 valence electrons. The maximum atomic E-state index is 11.2. The van der Waals surface area contributed by atoms with Crippen molar-refractivity contribution in [1.82, 2.24) is 5.32 Å². The van der Waals surface area contributed by atoms with E-state index in [0.29, 0.717) is 13.1 Å². The van der Waals surface area contributed by atoms with Gasteiger partial charge in [-0.3, -0.25) is 4.79 Å². The van der Waals surface area contributed by atoms with E-state index < -0.39 is 11.5 Å². The quantitative estimate of drug-likeness (QED) is 0.636. The first-order chi connectivity index (χ1) is 9.85. The summed E-state index contributed by atoms with van der Waals surface area (Å²) in [6.45, 7) is 6.60. The average molecular weight is 294 g/mol. The van der Waals surface area contributed by atoms with Crippen LogP contribution in [0, 0.1) is 5.41 Å². The first-order valence-electron chi connectivity index (χ1n) is 7.25. The van der Waals surface area contributed by atoms with Gasteiger partial charge in [-0.2, -0.15) is 0 Å². The van der Waals surface area contributed by atoms with Crippen molar-refractivity contribution in [2.45, 2.75) is 33.3 Å². The predicted molar refractivity (Wildman–Crippen MR) is 83.2 cm³/mol. The van der Waals surface area contributed by atoms with Gasteiger partial charge in [0.1, 0.15) is 18.5 Å². The molecule has 0 aliphatic carbocycles. The predicted octanol–water partition coefficient (Wildman–Crippen LogP) is 1.09. The van der Waals surface area contributed by atoms with E-state index in [4.69, 9.17) is 10.5 Å². The van der Waals surface area contributed by atoms with Crippen LogP contribution in [-0.2, 0) is 11.2 Å². The third kappa shape index (κ3) is 6.14. The molecule has 0 aromatic heterocycles. The summed E-state index contributed by atoms with van der Waals surface area (Å²) < 4.78 is 5.52. The molecule has 0 spiro atoms. The van der Waals surface area contributed by atoms with Crippen LogP contribution in [0.15, 0.2) is 24.3 Å². The minimum Gasteiger partial charge on any atom is -0.491 e. The van der Waals surface area contributed by atoms with E-state index >= 15 is 0 Å². The molecule has 0 fully saturated rings. The van der Waals surface area contributed by atoms with E-state index in [-0.39, 0.29) is 12.5 Å². The van der Waals surface area contributed by atoms with Crippen LogP contribution < -0.4 is 15.8 Å². The summed E-state index contributed by atoms with van der Waals surface area (Å²) in [4.78, 5) is 11.2. The van der Waals surface area contributed by atoms with Crippen molar-refractivity contribution in [3.8, 4) is 5.75 Å². The number of aliphatic hydroxyl groups is 1. The standard InChI is InChI=1S/C16H26N2O3/c1-4-12-5-7-14(8-6-12)21-10-13(19)9-18-11-16(2,3)15(17)20/h5-8,13,18-19H,4,9-11H2,1-3H3,(H2,17,20). The molecule has 0 bridgehead atoms. The Morgan fingerprint density at radius 2 is 2.00 bits per heavy atom. The molecule has 5 nitrogen and oxygen atoms in total. The number of ether oxygens (including phenoxy) is 1. The zero-order valence-electron chi connectivity index (χ0n) is 13.1. The van der Waals surface area contributed by atoms with Crippen molar-refractivity contribution >= 4 is 5.91 Å². The van der Waals surface area contributed by atoms with Crippen LogP contribution in [0.5, 0.6) is 5.75 Å². The van der Waals surface area contributed by atoms with Gasteiger partial charge in [0.15, 0.2) is 0 Å². The molecule has 0 saturated carbocycles. The van der Waals surface area contributed by atoms with Crippen molar-refractivity contribution in [2.24, 2.45) is 11.1 Å². The Kier molecular flexibility index (Phi) is 6.65. The van der Waals surface area contributed by atoms with E-state index in [1.54, 1.807) is 13.8 Å². The first kappa shape index (κ1) is 17.5. The van der Waals surface area contributed by atoms with E-state index in [9.17, 15) is 9.90 Å². The van der Waals surface area contributed by atoms with Gasteiger partial charge < -0.3 is 20.9 Å². The van der Waals surface area contributed by atoms with Gasteiger partial charge in [-0.25, -0.2) is 0 Å². The number of carbonyl (C=O) groups is 1. The van der Waals surface area contributed by atoms with Crippen LogP contribution in [0.4, 0.5) is 0 Å². The number of benzene rings is 1. The molecule has 0 heterocycles. The summed E-state index contributed by atoms with van der Waals surface area (Å²) in [5, 5.41) is 12.9. The Hall–Kier alpha value is -1.59. The van der Waals surface area contributed by atoms with Crippen LogP contribution in [-0.4, -0.2) is 36.8 Å². The van der Waals surface area contributed by atoms with Crippen LogP contribution >= 0.6 is 0 Å². The highest BCUT2D eigenvalue weighted by Crippen LogP contribution is 2.13. The number of aryl methyl sites for hydroxylation is 1. The summed E-state index contributed by atoms with van der Waals surface area (Å²) in [6.07, 6.45) is 0.349. The lowest BCUT2D eigenvalue weighted by Crippen LogP contribution is -2.43. The molecular formula is C16H26N2O3. The van der Waals surface area contributed by atoms with Gasteiger partial charge in [0.25, 0.3) is 0 Å². The maximum Gasteiger partial charge on any atom is 0.224 e. The molecule has 4 N–H and O–H groups in total. The second kappa shape index (κ2) is 8.00. The van der Waals surface area contributed by atoms with E-state index in [1.807, 2.05) is 24.3 Å². The number of carbonyl (C=O) groups excluding carboxylic acids is 1. The van der Waals surface area contributed by atoms with Crippen LogP contribution in [0.25, 0.3) is 0 Å². The fraction of sp³-hybridized carbons (Fsp3) is 0.562. The highest BCUT2D eigenvalue weighted by atomic mass is 16.5. The number of aliphatic hydroxyl groups excluding tert-OH is 1. The normalized spacial score (nSPS) is 13.0. The number of primary amides is 1. The number of rotatable bonds is 9. The Morgan fingerprint density at radius 3 is 2.52 bits per heavy atom. The minimum absolute atomic E-state index is 0.204. The van der Waals surface area contributed by atoms with E-state index in [1.165, 1.54) is 5.56 Å². The molecule has 1 aromatic carbocycles. The lowest BCUT2D eigenvalue weighted by Gasteiger charge is -2.22. The second-order valence-corrected chi connectivity index (χ2v) is 5.84. The largest absolute Gasteiger partial charge is 0.491 e. The van der Waals surface area contributed by atoms with Gasteiger partial charge in [-0.05, 0) is 38.0 Å². The topological polar surface area (TPSA) is 84.6 Å². The molecule has 1 aromatic rings. The number of nitrogens with two attached hydrogens (primary N) is 1. The molecule has 1 atom stereocenters. The van der Waals surface area contributed by atoms with Crippen molar-refractivity contribution in [3.63, 3.8) is 0 Å². The molecular weight excluding hydrogens is 268 g/mol. The average Bonchev–Trinajstić information content (AvgIpc) is 2.45. The molecule has 1 unspecified atom stereocenters. The molecule has 0 aliphatic heterocycles. The zero-order chi connectivity index (χ0) is 15.9. The lowest BCUT2D eigenvalue weighted by atomic mass is 9.93. The number of nitrogens with one attached hydrogen (secondary N) is 1. The Bertz CT molecular complexity index is 443. The Labute approximate surface area is 126 Å². The van der Waals surface area contributed by atoms with Gasteiger partial charge in [-0.15, -0.1) is 0 Å². The lowest BCUT2D eigenvalue weighted by molar-refractivity contribution is -0.125. The highest BCUT2D eigenvalue weighted by molar-refractivity contribution is 5.80. The van der Waals surface area contributed by atoms with Crippen molar-refractivity contribution in [1.29, 1.82) is 0 Å². The van der Waals surface area contributed by atoms with E-state index in [2.05, 4.69) is 12.2 Å². The SMILES string of the molecule is CCc1ccc(OCC(O)CNCC(C)(C)C(N)=O)cc1. The molecule has 0 radical (unpaired) electrons. The summed E-state index contributed by atoms with van der Waals surface area (Å²) in [6, 6.07) is 7.81. The van der Waals surface area contributed by atoms with Crippen molar-refractivity contribution < 1.29 is 14.6 Å². The summed E-state index contributed by atoms with van der Waals surface area (Å²) in [5.74, 6) is 0.375. The van der Waals surface area contributed by atoms with Crippen LogP contribution in [0.3, 0.4) is 0 Å². The third-order valence-corrected chi connectivity index (χ3v) is 3.39. The molecule has 1 rings (SSSR count). The van der Waals surface area contributed by atoms with E-state index in [0.717, 1.165) is 12.2 Å². The molecule has 1 amide bonds. The maximum absolute atomic E-state index is 11.2. The second-order valence-electron chi connectivity index (χ2n) is 5.84.